The van der Waals surface area contributed by atoms with Gasteiger partial charge in [0.1, 0.15) is 0 Å². The molecule has 108 valence electrons. The maximum Gasteiger partial charge on any atom is 0.496 e. The molecule has 1 aromatic carbocycles. The second-order valence-corrected chi connectivity index (χ2v) is 6.95. The van der Waals surface area contributed by atoms with Gasteiger partial charge in [-0.15, -0.1) is 0 Å². The first-order valence-electron chi connectivity index (χ1n) is 7.03. The number of benzene rings is 1. The molecule has 5 heteroatoms. The first kappa shape index (κ1) is 14.4. The van der Waals surface area contributed by atoms with E-state index in [2.05, 4.69) is 6.07 Å². The quantitative estimate of drug-likeness (QED) is 0.785. The van der Waals surface area contributed by atoms with E-state index in [9.17, 15) is 0 Å². The molecule has 3 nitrogen and oxygen atoms in total. The summed E-state index contributed by atoms with van der Waals surface area (Å²) in [5.41, 5.74) is 1.34. The van der Waals surface area contributed by atoms with Crippen molar-refractivity contribution in [1.82, 2.24) is 0 Å². The van der Waals surface area contributed by atoms with Gasteiger partial charge in [-0.2, -0.15) is 0 Å². The van der Waals surface area contributed by atoms with Crippen molar-refractivity contribution in [2.45, 2.75) is 44.8 Å². The summed E-state index contributed by atoms with van der Waals surface area (Å²) in [6, 6.07) is 6.05. The lowest BCUT2D eigenvalue weighted by Crippen LogP contribution is -2.41. The molecule has 0 atom stereocenters. The number of rotatable bonds is 2. The van der Waals surface area contributed by atoms with Crippen LogP contribution in [0.25, 0.3) is 0 Å². The summed E-state index contributed by atoms with van der Waals surface area (Å²) in [5, 5.41) is 0.749. The summed E-state index contributed by atoms with van der Waals surface area (Å²) in [7, 11) is -0.409. The molecule has 0 aliphatic carbocycles. The number of hydrogen-bond donors (Lipinski definition) is 0. The molecule has 0 saturated carbocycles. The lowest BCUT2D eigenvalue weighted by Gasteiger charge is -2.32. The lowest BCUT2D eigenvalue weighted by atomic mass is 9.77. The van der Waals surface area contributed by atoms with Gasteiger partial charge in [-0.3, -0.25) is 0 Å². The third-order valence-corrected chi connectivity index (χ3v) is 5.08. The summed E-state index contributed by atoms with van der Waals surface area (Å²) < 4.78 is 17.4. The van der Waals surface area contributed by atoms with Crippen LogP contribution in [0.4, 0.5) is 0 Å². The molecule has 0 unspecified atom stereocenters. The first-order chi connectivity index (χ1) is 9.32. The number of ether oxygens (including phenoxy) is 1. The predicted molar refractivity (Wildman–Crippen MR) is 80.7 cm³/mol. The molecular weight excluding hydrogens is 274 g/mol. The molecule has 2 fully saturated rings. The van der Waals surface area contributed by atoms with E-state index in [1.807, 2.05) is 39.8 Å². The standard InChI is InChI=1S/C15H20BClO3/c1-14(2)15(3,4)20-16(19-14)12-7-5-6-11(13(12)17)10-8-18-9-10/h5-7,10H,8-9H2,1-4H3. The van der Waals surface area contributed by atoms with Crippen molar-refractivity contribution in [2.24, 2.45) is 0 Å². The minimum atomic E-state index is -0.409. The van der Waals surface area contributed by atoms with Crippen molar-refractivity contribution >= 4 is 24.2 Å². The van der Waals surface area contributed by atoms with Crippen LogP contribution in [0.2, 0.25) is 5.02 Å². The van der Waals surface area contributed by atoms with Gasteiger partial charge in [0.05, 0.1) is 24.4 Å². The lowest BCUT2D eigenvalue weighted by molar-refractivity contribution is 0.00578. The summed E-state index contributed by atoms with van der Waals surface area (Å²) in [6.07, 6.45) is 0. The molecule has 2 aliphatic rings. The molecule has 0 radical (unpaired) electrons. The van der Waals surface area contributed by atoms with E-state index in [1.54, 1.807) is 0 Å². The zero-order valence-corrected chi connectivity index (χ0v) is 13.2. The normalized spacial score (nSPS) is 24.8. The second-order valence-electron chi connectivity index (χ2n) is 6.57. The van der Waals surface area contributed by atoms with Crippen LogP contribution in [0.3, 0.4) is 0 Å². The van der Waals surface area contributed by atoms with E-state index in [1.165, 1.54) is 0 Å². The van der Waals surface area contributed by atoms with Gasteiger partial charge in [0.15, 0.2) is 0 Å². The Morgan fingerprint density at radius 2 is 1.70 bits per heavy atom. The second kappa shape index (κ2) is 4.74. The Kier molecular flexibility index (Phi) is 3.41. The fourth-order valence-electron chi connectivity index (χ4n) is 2.45. The van der Waals surface area contributed by atoms with Crippen LogP contribution in [-0.4, -0.2) is 31.5 Å². The first-order valence-corrected chi connectivity index (χ1v) is 7.41. The molecule has 0 bridgehead atoms. The Morgan fingerprint density at radius 3 is 2.20 bits per heavy atom. The van der Waals surface area contributed by atoms with Crippen LogP contribution >= 0.6 is 11.6 Å². The topological polar surface area (TPSA) is 27.7 Å². The highest BCUT2D eigenvalue weighted by Gasteiger charge is 2.52. The summed E-state index contributed by atoms with van der Waals surface area (Å²) >= 11 is 6.57. The minimum Gasteiger partial charge on any atom is -0.399 e. The third-order valence-electron chi connectivity index (χ3n) is 4.64. The van der Waals surface area contributed by atoms with Crippen molar-refractivity contribution in [3.63, 3.8) is 0 Å². The van der Waals surface area contributed by atoms with Gasteiger partial charge in [-0.05, 0) is 33.3 Å². The highest BCUT2D eigenvalue weighted by molar-refractivity contribution is 6.65. The maximum absolute atomic E-state index is 6.57. The van der Waals surface area contributed by atoms with Crippen molar-refractivity contribution in [2.75, 3.05) is 13.2 Å². The van der Waals surface area contributed by atoms with Gasteiger partial charge in [0.25, 0.3) is 0 Å². The van der Waals surface area contributed by atoms with Crippen LogP contribution in [0.5, 0.6) is 0 Å². The average Bonchev–Trinajstić information content (AvgIpc) is 2.48. The minimum absolute atomic E-state index is 0.351. The van der Waals surface area contributed by atoms with E-state index in [0.29, 0.717) is 5.92 Å². The molecule has 2 aliphatic heterocycles. The van der Waals surface area contributed by atoms with Crippen LogP contribution in [0.1, 0.15) is 39.2 Å². The van der Waals surface area contributed by atoms with Crippen LogP contribution in [0.15, 0.2) is 18.2 Å². The van der Waals surface area contributed by atoms with Gasteiger partial charge in [-0.25, -0.2) is 0 Å². The van der Waals surface area contributed by atoms with Crippen LogP contribution in [-0.2, 0) is 14.0 Å². The van der Waals surface area contributed by atoms with E-state index in [-0.39, 0.29) is 11.2 Å². The highest BCUT2D eigenvalue weighted by atomic mass is 35.5. The van der Waals surface area contributed by atoms with Crippen LogP contribution < -0.4 is 5.46 Å². The zero-order valence-electron chi connectivity index (χ0n) is 12.4. The van der Waals surface area contributed by atoms with Gasteiger partial charge in [0.2, 0.25) is 0 Å². The molecule has 0 spiro atoms. The number of halogens is 1. The Morgan fingerprint density at radius 1 is 1.10 bits per heavy atom. The molecule has 0 amide bonds. The Hall–Kier alpha value is -0.545. The molecular formula is C15H20BClO3. The van der Waals surface area contributed by atoms with E-state index < -0.39 is 7.12 Å². The monoisotopic (exact) mass is 294 g/mol. The molecule has 2 heterocycles. The molecule has 2 saturated heterocycles. The largest absolute Gasteiger partial charge is 0.496 e. The Labute approximate surface area is 125 Å². The molecule has 0 aromatic heterocycles. The smallest absolute Gasteiger partial charge is 0.399 e. The third kappa shape index (κ3) is 2.19. The summed E-state index contributed by atoms with van der Waals surface area (Å²) in [6.45, 7) is 9.67. The Bertz CT molecular complexity index is 510. The van der Waals surface area contributed by atoms with Crippen LogP contribution in [0, 0.1) is 0 Å². The fraction of sp³-hybridized carbons (Fsp3) is 0.600. The predicted octanol–water partition coefficient (Wildman–Crippen LogP) is 2.75. The average molecular weight is 295 g/mol. The van der Waals surface area contributed by atoms with Crippen molar-refractivity contribution in [3.8, 4) is 0 Å². The molecule has 3 rings (SSSR count). The molecule has 1 aromatic rings. The number of hydrogen-bond acceptors (Lipinski definition) is 3. The highest BCUT2D eigenvalue weighted by Crippen LogP contribution is 2.38. The molecule has 0 N–H and O–H groups in total. The summed E-state index contributed by atoms with van der Waals surface area (Å²) in [5.74, 6) is 0.393. The SMILES string of the molecule is CC1(C)OB(c2cccc(C3COC3)c2Cl)OC1(C)C. The van der Waals surface area contributed by atoms with Crippen molar-refractivity contribution in [1.29, 1.82) is 0 Å². The Balaban J connectivity index is 1.92. The fourth-order valence-corrected chi connectivity index (χ4v) is 2.82. The van der Waals surface area contributed by atoms with E-state index in [4.69, 9.17) is 25.6 Å². The van der Waals surface area contributed by atoms with Crippen molar-refractivity contribution in [3.05, 3.63) is 28.8 Å². The zero-order chi connectivity index (χ0) is 14.5. The van der Waals surface area contributed by atoms with E-state index in [0.717, 1.165) is 29.3 Å². The van der Waals surface area contributed by atoms with Crippen molar-refractivity contribution < 1.29 is 14.0 Å². The van der Waals surface area contributed by atoms with Gasteiger partial charge in [-0.1, -0.05) is 29.8 Å². The molecule has 20 heavy (non-hydrogen) atoms. The van der Waals surface area contributed by atoms with Gasteiger partial charge >= 0.3 is 7.12 Å². The maximum atomic E-state index is 6.57. The summed E-state index contributed by atoms with van der Waals surface area (Å²) in [4.78, 5) is 0. The van der Waals surface area contributed by atoms with Gasteiger partial charge < -0.3 is 14.0 Å². The van der Waals surface area contributed by atoms with E-state index >= 15 is 0 Å². The van der Waals surface area contributed by atoms with Gasteiger partial charge in [0, 0.05) is 16.4 Å².